The first kappa shape index (κ1) is 13.1. The Morgan fingerprint density at radius 2 is 2.06 bits per heavy atom. The number of anilines is 2. The summed E-state index contributed by atoms with van der Waals surface area (Å²) >= 11 is 0. The lowest BCUT2D eigenvalue weighted by molar-refractivity contribution is 0.0900. The molecule has 1 aromatic rings. The second-order valence-corrected chi connectivity index (χ2v) is 4.57. The van der Waals surface area contributed by atoms with E-state index in [1.54, 1.807) is 6.33 Å². The predicted octanol–water partition coefficient (Wildman–Crippen LogP) is 2.14. The fourth-order valence-electron chi connectivity index (χ4n) is 2.34. The van der Waals surface area contributed by atoms with E-state index in [2.05, 4.69) is 34.4 Å². The minimum Gasteiger partial charge on any atom is -0.378 e. The summed E-state index contributed by atoms with van der Waals surface area (Å²) in [5, 5.41) is 6.56. The highest BCUT2D eigenvalue weighted by Gasteiger charge is 2.26. The zero-order valence-corrected chi connectivity index (χ0v) is 11.1. The number of aromatic nitrogens is 2. The van der Waals surface area contributed by atoms with Crippen molar-refractivity contribution in [2.45, 2.75) is 32.8 Å². The molecule has 1 aliphatic rings. The second-order valence-electron chi connectivity index (χ2n) is 4.57. The first-order valence-electron chi connectivity index (χ1n) is 6.74. The number of hydrogen-bond acceptors (Lipinski definition) is 5. The Balaban J connectivity index is 1.87. The van der Waals surface area contributed by atoms with E-state index in [4.69, 9.17) is 4.74 Å². The van der Waals surface area contributed by atoms with Crippen molar-refractivity contribution in [1.29, 1.82) is 0 Å². The van der Waals surface area contributed by atoms with Gasteiger partial charge in [0.2, 0.25) is 0 Å². The number of ether oxygens (including phenoxy) is 1. The lowest BCUT2D eigenvalue weighted by Crippen LogP contribution is -2.23. The van der Waals surface area contributed by atoms with Crippen LogP contribution in [0.15, 0.2) is 12.4 Å². The molecule has 100 valence electrons. The average Bonchev–Trinajstić information content (AvgIpc) is 2.84. The van der Waals surface area contributed by atoms with Gasteiger partial charge in [-0.15, -0.1) is 0 Å². The minimum atomic E-state index is 0.396. The number of nitrogens with one attached hydrogen (secondary N) is 2. The Kier molecular flexibility index (Phi) is 4.75. The quantitative estimate of drug-likeness (QED) is 0.810. The molecule has 2 rings (SSSR count). The normalized spacial score (nSPS) is 23.0. The summed E-state index contributed by atoms with van der Waals surface area (Å²) in [6.45, 7) is 6.90. The van der Waals surface area contributed by atoms with Gasteiger partial charge in [0.05, 0.1) is 6.10 Å². The van der Waals surface area contributed by atoms with Crippen molar-refractivity contribution in [3.05, 3.63) is 12.4 Å². The van der Waals surface area contributed by atoms with Crippen LogP contribution in [0.25, 0.3) is 0 Å². The molecular weight excluding hydrogens is 228 g/mol. The molecule has 0 bridgehead atoms. The molecule has 2 N–H and O–H groups in total. The molecule has 0 aliphatic carbocycles. The molecule has 5 nitrogen and oxygen atoms in total. The van der Waals surface area contributed by atoms with E-state index >= 15 is 0 Å². The largest absolute Gasteiger partial charge is 0.378 e. The van der Waals surface area contributed by atoms with Crippen LogP contribution >= 0.6 is 0 Å². The molecule has 2 unspecified atom stereocenters. The van der Waals surface area contributed by atoms with Crippen molar-refractivity contribution >= 4 is 11.6 Å². The van der Waals surface area contributed by atoms with Gasteiger partial charge in [0.25, 0.3) is 0 Å². The Labute approximate surface area is 108 Å². The van der Waals surface area contributed by atoms with E-state index in [1.807, 2.05) is 6.07 Å². The van der Waals surface area contributed by atoms with Crippen LogP contribution < -0.4 is 10.6 Å². The van der Waals surface area contributed by atoms with Gasteiger partial charge in [-0.25, -0.2) is 9.97 Å². The molecule has 1 aromatic heterocycles. The van der Waals surface area contributed by atoms with Crippen LogP contribution in [0.1, 0.15) is 26.7 Å². The summed E-state index contributed by atoms with van der Waals surface area (Å²) in [4.78, 5) is 8.38. The molecule has 0 radical (unpaired) electrons. The third kappa shape index (κ3) is 3.32. The zero-order chi connectivity index (χ0) is 12.8. The monoisotopic (exact) mass is 250 g/mol. The summed E-state index contributed by atoms with van der Waals surface area (Å²) in [7, 11) is 0. The van der Waals surface area contributed by atoms with Crippen LogP contribution in [0.5, 0.6) is 0 Å². The van der Waals surface area contributed by atoms with Gasteiger partial charge in [0.1, 0.15) is 18.0 Å². The topological polar surface area (TPSA) is 59.1 Å². The summed E-state index contributed by atoms with van der Waals surface area (Å²) in [6, 6.07) is 1.94. The van der Waals surface area contributed by atoms with E-state index in [9.17, 15) is 0 Å². The van der Waals surface area contributed by atoms with Crippen LogP contribution in [0.4, 0.5) is 11.6 Å². The molecule has 0 amide bonds. The summed E-state index contributed by atoms with van der Waals surface area (Å²) in [5.74, 6) is 2.33. The fourth-order valence-corrected chi connectivity index (χ4v) is 2.34. The van der Waals surface area contributed by atoms with Crippen molar-refractivity contribution in [2.75, 3.05) is 30.3 Å². The Hall–Kier alpha value is -1.36. The van der Waals surface area contributed by atoms with Crippen molar-refractivity contribution < 1.29 is 4.74 Å². The molecule has 2 atom stereocenters. The zero-order valence-electron chi connectivity index (χ0n) is 11.1. The van der Waals surface area contributed by atoms with Crippen molar-refractivity contribution in [3.8, 4) is 0 Å². The third-order valence-corrected chi connectivity index (χ3v) is 3.32. The maximum absolute atomic E-state index is 5.68. The highest BCUT2D eigenvalue weighted by molar-refractivity contribution is 5.46. The number of hydrogen-bond donors (Lipinski definition) is 2. The van der Waals surface area contributed by atoms with Crippen molar-refractivity contribution in [3.63, 3.8) is 0 Å². The molecular formula is C13H22N4O. The van der Waals surface area contributed by atoms with Crippen LogP contribution in [0.2, 0.25) is 0 Å². The third-order valence-electron chi connectivity index (χ3n) is 3.32. The summed E-state index contributed by atoms with van der Waals surface area (Å²) < 4.78 is 5.68. The summed E-state index contributed by atoms with van der Waals surface area (Å²) in [6.07, 6.45) is 4.20. The van der Waals surface area contributed by atoms with Gasteiger partial charge in [0, 0.05) is 31.7 Å². The van der Waals surface area contributed by atoms with Crippen molar-refractivity contribution in [1.82, 2.24) is 9.97 Å². The van der Waals surface area contributed by atoms with E-state index in [0.717, 1.165) is 44.2 Å². The fraction of sp³-hybridized carbons (Fsp3) is 0.692. The molecule has 1 fully saturated rings. The molecule has 0 spiro atoms. The Morgan fingerprint density at radius 3 is 2.78 bits per heavy atom. The standard InChI is InChI=1S/C13H22N4O/c1-3-11-10(5-6-18-11)8-15-13-7-12(14-4-2)16-9-17-13/h7,9-11H,3-6,8H2,1-2H3,(H2,14,15,16,17). The van der Waals surface area contributed by atoms with Crippen LogP contribution in [0.3, 0.4) is 0 Å². The van der Waals surface area contributed by atoms with Gasteiger partial charge >= 0.3 is 0 Å². The van der Waals surface area contributed by atoms with Gasteiger partial charge in [-0.1, -0.05) is 6.92 Å². The Morgan fingerprint density at radius 1 is 1.28 bits per heavy atom. The minimum absolute atomic E-state index is 0.396. The van der Waals surface area contributed by atoms with Crippen LogP contribution in [0, 0.1) is 5.92 Å². The van der Waals surface area contributed by atoms with Gasteiger partial charge in [0.15, 0.2) is 0 Å². The van der Waals surface area contributed by atoms with Gasteiger partial charge < -0.3 is 15.4 Å². The van der Waals surface area contributed by atoms with E-state index < -0.39 is 0 Å². The first-order chi connectivity index (χ1) is 8.83. The summed E-state index contributed by atoms with van der Waals surface area (Å²) in [5.41, 5.74) is 0. The first-order valence-corrected chi connectivity index (χ1v) is 6.74. The maximum atomic E-state index is 5.68. The van der Waals surface area contributed by atoms with Gasteiger partial charge in [-0.2, -0.15) is 0 Å². The van der Waals surface area contributed by atoms with E-state index in [1.165, 1.54) is 0 Å². The lowest BCUT2D eigenvalue weighted by Gasteiger charge is -2.17. The van der Waals surface area contributed by atoms with Crippen molar-refractivity contribution in [2.24, 2.45) is 5.92 Å². The molecule has 0 aromatic carbocycles. The van der Waals surface area contributed by atoms with E-state index in [-0.39, 0.29) is 0 Å². The molecule has 1 aliphatic heterocycles. The van der Waals surface area contributed by atoms with Gasteiger partial charge in [-0.05, 0) is 19.8 Å². The SMILES string of the molecule is CCNc1cc(NCC2CCOC2CC)ncn1. The molecule has 18 heavy (non-hydrogen) atoms. The Bertz CT molecular complexity index is 372. The predicted molar refractivity (Wildman–Crippen MR) is 72.8 cm³/mol. The molecule has 5 heteroatoms. The van der Waals surface area contributed by atoms with Crippen LogP contribution in [-0.2, 0) is 4.74 Å². The second kappa shape index (κ2) is 6.54. The van der Waals surface area contributed by atoms with Gasteiger partial charge in [-0.3, -0.25) is 0 Å². The smallest absolute Gasteiger partial charge is 0.131 e. The average molecular weight is 250 g/mol. The number of rotatable bonds is 6. The molecule has 1 saturated heterocycles. The highest BCUT2D eigenvalue weighted by Crippen LogP contribution is 2.23. The molecule has 2 heterocycles. The lowest BCUT2D eigenvalue weighted by atomic mass is 10.00. The van der Waals surface area contributed by atoms with E-state index in [0.29, 0.717) is 12.0 Å². The molecule has 0 saturated carbocycles. The number of nitrogens with zero attached hydrogens (tertiary/aromatic N) is 2. The maximum Gasteiger partial charge on any atom is 0.131 e. The highest BCUT2D eigenvalue weighted by atomic mass is 16.5. The van der Waals surface area contributed by atoms with Crippen LogP contribution in [-0.4, -0.2) is 35.8 Å².